The second-order valence-corrected chi connectivity index (χ2v) is 8.12. The quantitative estimate of drug-likeness (QED) is 0.419. The Kier molecular flexibility index (Phi) is 6.17. The van der Waals surface area contributed by atoms with Crippen LogP contribution in [0.3, 0.4) is 0 Å². The van der Waals surface area contributed by atoms with Crippen LogP contribution in [0.1, 0.15) is 49.3 Å². The van der Waals surface area contributed by atoms with Gasteiger partial charge in [-0.1, -0.05) is 31.4 Å². The second kappa shape index (κ2) is 9.02. The lowest BCUT2D eigenvalue weighted by molar-refractivity contribution is -0.141. The number of hydrogen-bond acceptors (Lipinski definition) is 5. The van der Waals surface area contributed by atoms with Gasteiger partial charge in [-0.15, -0.1) is 0 Å². The summed E-state index contributed by atoms with van der Waals surface area (Å²) >= 11 is 0. The molecule has 2 aromatic rings. The highest BCUT2D eigenvalue weighted by Gasteiger charge is 2.49. The number of hydrogen-bond donors (Lipinski definition) is 1. The van der Waals surface area contributed by atoms with Crippen molar-refractivity contribution in [2.75, 3.05) is 14.2 Å². The number of ketones is 1. The molecule has 1 unspecified atom stereocenters. The van der Waals surface area contributed by atoms with E-state index in [2.05, 4.69) is 0 Å². The van der Waals surface area contributed by atoms with Crippen LogP contribution in [-0.2, 0) is 9.59 Å². The Morgan fingerprint density at radius 2 is 1.78 bits per heavy atom. The van der Waals surface area contributed by atoms with Crippen LogP contribution in [0.15, 0.2) is 48.0 Å². The lowest BCUT2D eigenvalue weighted by Crippen LogP contribution is -2.40. The fourth-order valence-electron chi connectivity index (χ4n) is 4.74. The van der Waals surface area contributed by atoms with Gasteiger partial charge in [-0.05, 0) is 48.7 Å². The van der Waals surface area contributed by atoms with Crippen molar-refractivity contribution >= 4 is 17.4 Å². The lowest BCUT2D eigenvalue weighted by Gasteiger charge is -2.35. The van der Waals surface area contributed by atoms with Gasteiger partial charge in [0.1, 0.15) is 23.1 Å². The van der Waals surface area contributed by atoms with Crippen LogP contribution in [0.2, 0.25) is 0 Å². The number of halogens is 1. The summed E-state index contributed by atoms with van der Waals surface area (Å²) in [4.78, 5) is 28.0. The van der Waals surface area contributed by atoms with E-state index < -0.39 is 29.3 Å². The van der Waals surface area contributed by atoms with Gasteiger partial charge in [0.25, 0.3) is 11.7 Å². The van der Waals surface area contributed by atoms with E-state index >= 15 is 0 Å². The predicted molar refractivity (Wildman–Crippen MR) is 117 cm³/mol. The molecule has 1 N–H and O–H groups in total. The molecular formula is C25H26FNO5. The zero-order valence-electron chi connectivity index (χ0n) is 18.1. The van der Waals surface area contributed by atoms with Gasteiger partial charge in [0.2, 0.25) is 0 Å². The summed E-state index contributed by atoms with van der Waals surface area (Å²) in [5, 5.41) is 11.2. The lowest BCUT2D eigenvalue weighted by atomic mass is 9.90. The number of amides is 1. The van der Waals surface area contributed by atoms with E-state index in [9.17, 15) is 19.1 Å². The fourth-order valence-corrected chi connectivity index (χ4v) is 4.74. The van der Waals surface area contributed by atoms with Gasteiger partial charge in [0.15, 0.2) is 0 Å². The van der Waals surface area contributed by atoms with Crippen molar-refractivity contribution in [3.05, 3.63) is 65.0 Å². The molecule has 1 saturated carbocycles. The Morgan fingerprint density at radius 1 is 1.03 bits per heavy atom. The molecule has 0 aromatic heterocycles. The monoisotopic (exact) mass is 439 g/mol. The molecule has 1 amide bonds. The van der Waals surface area contributed by atoms with E-state index in [1.807, 2.05) is 0 Å². The molecule has 1 saturated heterocycles. The maximum atomic E-state index is 14.0. The van der Waals surface area contributed by atoms with E-state index in [4.69, 9.17) is 9.47 Å². The van der Waals surface area contributed by atoms with Gasteiger partial charge in [-0.3, -0.25) is 9.59 Å². The standard InChI is InChI=1S/C25H26FNO5/c1-31-18-10-6-7-15(13-18)22-21(23(28)19-14-16(26)11-12-20(19)32-2)24(29)25(30)27(22)17-8-4-3-5-9-17/h6-7,10-14,17,22,28H,3-5,8-9H2,1-2H3/b23-21+. The number of carbonyl (C=O) groups excluding carboxylic acids is 2. The number of methoxy groups -OCH3 is 2. The molecule has 1 aliphatic heterocycles. The highest BCUT2D eigenvalue weighted by Crippen LogP contribution is 2.44. The number of ether oxygens (including phenoxy) is 2. The van der Waals surface area contributed by atoms with Crippen molar-refractivity contribution in [3.8, 4) is 11.5 Å². The Balaban J connectivity index is 1.93. The molecule has 0 bridgehead atoms. The Bertz CT molecular complexity index is 1070. The van der Waals surface area contributed by atoms with Crippen LogP contribution < -0.4 is 9.47 Å². The number of carbonyl (C=O) groups is 2. The largest absolute Gasteiger partial charge is 0.507 e. The highest BCUT2D eigenvalue weighted by molar-refractivity contribution is 6.46. The van der Waals surface area contributed by atoms with E-state index in [1.54, 1.807) is 29.2 Å². The molecule has 6 nitrogen and oxygen atoms in total. The van der Waals surface area contributed by atoms with Crippen LogP contribution in [0.4, 0.5) is 4.39 Å². The number of rotatable bonds is 5. The number of benzene rings is 2. The normalized spacial score (nSPS) is 21.1. The first-order valence-electron chi connectivity index (χ1n) is 10.7. The van der Waals surface area contributed by atoms with Crippen LogP contribution in [0.5, 0.6) is 11.5 Å². The zero-order chi connectivity index (χ0) is 22.8. The first kappa shape index (κ1) is 21.9. The molecule has 168 valence electrons. The summed E-state index contributed by atoms with van der Waals surface area (Å²) in [7, 11) is 2.93. The van der Waals surface area contributed by atoms with Crippen molar-refractivity contribution in [1.29, 1.82) is 0 Å². The molecule has 0 radical (unpaired) electrons. The zero-order valence-corrected chi connectivity index (χ0v) is 18.1. The number of likely N-dealkylation sites (tertiary alicyclic amines) is 1. The van der Waals surface area contributed by atoms with Gasteiger partial charge in [0, 0.05) is 6.04 Å². The van der Waals surface area contributed by atoms with Gasteiger partial charge < -0.3 is 19.5 Å². The second-order valence-electron chi connectivity index (χ2n) is 8.12. The van der Waals surface area contributed by atoms with E-state index in [0.717, 1.165) is 38.2 Å². The van der Waals surface area contributed by atoms with E-state index in [1.165, 1.54) is 26.4 Å². The molecule has 7 heteroatoms. The highest BCUT2D eigenvalue weighted by atomic mass is 19.1. The first-order valence-corrected chi connectivity index (χ1v) is 10.7. The number of aliphatic hydroxyl groups excluding tert-OH is 1. The van der Waals surface area contributed by atoms with Crippen molar-refractivity contribution in [2.24, 2.45) is 0 Å². The molecule has 2 aliphatic rings. The van der Waals surface area contributed by atoms with E-state index in [-0.39, 0.29) is 22.9 Å². The average molecular weight is 439 g/mol. The Morgan fingerprint density at radius 3 is 2.47 bits per heavy atom. The third-order valence-electron chi connectivity index (χ3n) is 6.27. The van der Waals surface area contributed by atoms with Gasteiger partial charge in [-0.2, -0.15) is 0 Å². The first-order chi connectivity index (χ1) is 15.5. The smallest absolute Gasteiger partial charge is 0.295 e. The molecule has 1 aliphatic carbocycles. The molecule has 2 fully saturated rings. The van der Waals surface area contributed by atoms with Crippen LogP contribution in [0, 0.1) is 5.82 Å². The van der Waals surface area contributed by atoms with Crippen molar-refractivity contribution in [2.45, 2.75) is 44.2 Å². The number of Topliss-reactive ketones (excluding diaryl/α,β-unsaturated/α-hetero) is 1. The van der Waals surface area contributed by atoms with Crippen LogP contribution in [-0.4, -0.2) is 42.0 Å². The van der Waals surface area contributed by atoms with Crippen molar-refractivity contribution in [1.82, 2.24) is 4.90 Å². The topological polar surface area (TPSA) is 76.1 Å². The minimum absolute atomic E-state index is 0.0297. The number of nitrogens with zero attached hydrogens (tertiary/aromatic N) is 1. The molecule has 32 heavy (non-hydrogen) atoms. The molecule has 2 aromatic carbocycles. The van der Waals surface area contributed by atoms with Gasteiger partial charge in [0.05, 0.1) is 31.4 Å². The number of aliphatic hydroxyl groups is 1. The summed E-state index contributed by atoms with van der Waals surface area (Å²) in [6, 6.07) is 9.86. The summed E-state index contributed by atoms with van der Waals surface area (Å²) in [6.07, 6.45) is 4.60. The van der Waals surface area contributed by atoms with Crippen molar-refractivity contribution < 1.29 is 28.6 Å². The molecule has 1 heterocycles. The maximum absolute atomic E-state index is 14.0. The molecule has 1 atom stereocenters. The minimum Gasteiger partial charge on any atom is -0.507 e. The fraction of sp³-hybridized carbons (Fsp3) is 0.360. The third kappa shape index (κ3) is 3.83. The SMILES string of the molecule is COc1cccc(C2/C(=C(\O)c3cc(F)ccc3OC)C(=O)C(=O)N2C2CCCCC2)c1. The molecular weight excluding hydrogens is 413 g/mol. The molecule has 0 spiro atoms. The van der Waals surface area contributed by atoms with E-state index in [0.29, 0.717) is 11.3 Å². The Hall–Kier alpha value is -3.35. The van der Waals surface area contributed by atoms with Gasteiger partial charge in [-0.25, -0.2) is 4.39 Å². The van der Waals surface area contributed by atoms with Crippen molar-refractivity contribution in [3.63, 3.8) is 0 Å². The third-order valence-corrected chi connectivity index (χ3v) is 6.27. The minimum atomic E-state index is -0.804. The maximum Gasteiger partial charge on any atom is 0.295 e. The average Bonchev–Trinajstić information content (AvgIpc) is 3.09. The van der Waals surface area contributed by atoms with Crippen LogP contribution >= 0.6 is 0 Å². The summed E-state index contributed by atoms with van der Waals surface area (Å²) in [6.45, 7) is 0. The Labute approximate surface area is 186 Å². The molecule has 4 rings (SSSR count). The summed E-state index contributed by atoms with van der Waals surface area (Å²) in [5.74, 6) is -1.70. The summed E-state index contributed by atoms with van der Waals surface area (Å²) < 4.78 is 24.6. The van der Waals surface area contributed by atoms with Crippen LogP contribution in [0.25, 0.3) is 5.76 Å². The van der Waals surface area contributed by atoms with Gasteiger partial charge >= 0.3 is 0 Å². The predicted octanol–water partition coefficient (Wildman–Crippen LogP) is 4.60. The summed E-state index contributed by atoms with van der Waals surface area (Å²) in [5.41, 5.74) is 0.603.